The SMILES string of the molecule is Cc1cccc(-c2nnc(-c3ccc(C(=O)N4CCc5sccc5C4)cc3)o2)c1. The fourth-order valence-corrected chi connectivity index (χ4v) is 4.48. The molecule has 2 aromatic carbocycles. The number of amides is 1. The molecule has 5 nitrogen and oxygen atoms in total. The molecular formula is C23H19N3O2S. The van der Waals surface area contributed by atoms with Crippen molar-refractivity contribution in [2.24, 2.45) is 0 Å². The Balaban J connectivity index is 1.34. The van der Waals surface area contributed by atoms with Crippen LogP contribution in [0, 0.1) is 6.92 Å². The molecule has 29 heavy (non-hydrogen) atoms. The normalized spacial score (nSPS) is 13.3. The second-order valence-electron chi connectivity index (χ2n) is 7.20. The van der Waals surface area contributed by atoms with Gasteiger partial charge in [-0.15, -0.1) is 21.5 Å². The summed E-state index contributed by atoms with van der Waals surface area (Å²) in [6.45, 7) is 3.47. The largest absolute Gasteiger partial charge is 0.416 e. The van der Waals surface area contributed by atoms with E-state index in [9.17, 15) is 4.79 Å². The Morgan fingerprint density at radius 3 is 2.62 bits per heavy atom. The van der Waals surface area contributed by atoms with Crippen LogP contribution in [-0.2, 0) is 13.0 Å². The molecule has 1 aliphatic rings. The number of carbonyl (C=O) groups is 1. The van der Waals surface area contributed by atoms with Gasteiger partial charge >= 0.3 is 0 Å². The highest BCUT2D eigenvalue weighted by Gasteiger charge is 2.22. The van der Waals surface area contributed by atoms with E-state index in [0.29, 0.717) is 23.9 Å². The molecular weight excluding hydrogens is 382 g/mol. The minimum Gasteiger partial charge on any atom is -0.416 e. The molecule has 3 heterocycles. The Morgan fingerprint density at radius 2 is 1.83 bits per heavy atom. The maximum Gasteiger partial charge on any atom is 0.254 e. The van der Waals surface area contributed by atoms with Crippen molar-refractivity contribution in [3.8, 4) is 22.9 Å². The molecule has 1 amide bonds. The van der Waals surface area contributed by atoms with Crippen molar-refractivity contribution in [1.82, 2.24) is 15.1 Å². The summed E-state index contributed by atoms with van der Waals surface area (Å²) in [6.07, 6.45) is 0.931. The van der Waals surface area contributed by atoms with Crippen LogP contribution in [-0.4, -0.2) is 27.5 Å². The predicted molar refractivity (Wildman–Crippen MR) is 113 cm³/mol. The smallest absolute Gasteiger partial charge is 0.254 e. The standard InChI is InChI=1S/C23H19N3O2S/c1-15-3-2-4-18(13-15)22-25-24-21(28-22)16-5-7-17(8-6-16)23(27)26-11-9-20-19(14-26)10-12-29-20/h2-8,10,12-13H,9,11,14H2,1H3. The molecule has 0 bridgehead atoms. The van der Waals surface area contributed by atoms with Crippen molar-refractivity contribution >= 4 is 17.2 Å². The van der Waals surface area contributed by atoms with E-state index < -0.39 is 0 Å². The van der Waals surface area contributed by atoms with E-state index in [1.54, 1.807) is 11.3 Å². The number of aryl methyl sites for hydroxylation is 1. The van der Waals surface area contributed by atoms with Gasteiger partial charge in [0.1, 0.15) is 0 Å². The number of rotatable bonds is 3. The molecule has 0 saturated heterocycles. The molecule has 0 saturated carbocycles. The van der Waals surface area contributed by atoms with Crippen molar-refractivity contribution in [1.29, 1.82) is 0 Å². The monoisotopic (exact) mass is 401 g/mol. The van der Waals surface area contributed by atoms with Crippen molar-refractivity contribution in [2.75, 3.05) is 6.54 Å². The van der Waals surface area contributed by atoms with Crippen LogP contribution < -0.4 is 0 Å². The van der Waals surface area contributed by atoms with E-state index in [4.69, 9.17) is 4.42 Å². The topological polar surface area (TPSA) is 59.2 Å². The second kappa shape index (κ2) is 7.29. The Labute approximate surface area is 172 Å². The van der Waals surface area contributed by atoms with Gasteiger partial charge in [0.2, 0.25) is 11.8 Å². The zero-order chi connectivity index (χ0) is 19.8. The summed E-state index contributed by atoms with van der Waals surface area (Å²) in [4.78, 5) is 16.2. The first-order chi connectivity index (χ1) is 14.2. The summed E-state index contributed by atoms with van der Waals surface area (Å²) in [6, 6.07) is 17.5. The van der Waals surface area contributed by atoms with Gasteiger partial charge in [-0.1, -0.05) is 17.7 Å². The third kappa shape index (κ3) is 3.47. The molecule has 144 valence electrons. The van der Waals surface area contributed by atoms with Crippen LogP contribution in [0.5, 0.6) is 0 Å². The quantitative estimate of drug-likeness (QED) is 0.486. The van der Waals surface area contributed by atoms with E-state index in [-0.39, 0.29) is 5.91 Å². The molecule has 0 N–H and O–H groups in total. The molecule has 0 fully saturated rings. The van der Waals surface area contributed by atoms with Gasteiger partial charge in [0.25, 0.3) is 5.91 Å². The molecule has 0 unspecified atom stereocenters. The van der Waals surface area contributed by atoms with Crippen LogP contribution in [0.3, 0.4) is 0 Å². The van der Waals surface area contributed by atoms with Gasteiger partial charge in [0.05, 0.1) is 0 Å². The number of benzene rings is 2. The molecule has 4 aromatic rings. The lowest BCUT2D eigenvalue weighted by Gasteiger charge is -2.27. The number of thiophene rings is 1. The van der Waals surface area contributed by atoms with Crippen LogP contribution in [0.25, 0.3) is 22.9 Å². The molecule has 0 aliphatic carbocycles. The van der Waals surface area contributed by atoms with Crippen molar-refractivity contribution in [3.63, 3.8) is 0 Å². The van der Waals surface area contributed by atoms with Crippen LogP contribution in [0.2, 0.25) is 0 Å². The average molecular weight is 401 g/mol. The number of nitrogens with zero attached hydrogens (tertiary/aromatic N) is 3. The number of fused-ring (bicyclic) bond motifs is 1. The first-order valence-electron chi connectivity index (χ1n) is 9.53. The van der Waals surface area contributed by atoms with E-state index >= 15 is 0 Å². The first kappa shape index (κ1) is 17.8. The minimum absolute atomic E-state index is 0.0550. The lowest BCUT2D eigenvalue weighted by molar-refractivity contribution is 0.0736. The average Bonchev–Trinajstić information content (AvgIpc) is 3.42. The Bertz CT molecular complexity index is 1180. The molecule has 0 spiro atoms. The number of hydrogen-bond donors (Lipinski definition) is 0. The summed E-state index contributed by atoms with van der Waals surface area (Å²) < 4.78 is 5.84. The zero-order valence-corrected chi connectivity index (χ0v) is 16.8. The van der Waals surface area contributed by atoms with Gasteiger partial charge in [0, 0.05) is 34.7 Å². The van der Waals surface area contributed by atoms with Gasteiger partial charge in [-0.3, -0.25) is 4.79 Å². The Morgan fingerprint density at radius 1 is 1.03 bits per heavy atom. The third-order valence-electron chi connectivity index (χ3n) is 5.16. The summed E-state index contributed by atoms with van der Waals surface area (Å²) >= 11 is 1.77. The fraction of sp³-hybridized carbons (Fsp3) is 0.174. The van der Waals surface area contributed by atoms with Crippen LogP contribution in [0.4, 0.5) is 0 Å². The highest BCUT2D eigenvalue weighted by molar-refractivity contribution is 7.10. The first-order valence-corrected chi connectivity index (χ1v) is 10.4. The van der Waals surface area contributed by atoms with Gasteiger partial charge in [-0.25, -0.2) is 0 Å². The molecule has 6 heteroatoms. The van der Waals surface area contributed by atoms with Gasteiger partial charge in [-0.05, 0) is 66.8 Å². The zero-order valence-electron chi connectivity index (χ0n) is 16.0. The fourth-order valence-electron chi connectivity index (χ4n) is 3.59. The third-order valence-corrected chi connectivity index (χ3v) is 6.19. The van der Waals surface area contributed by atoms with Crippen molar-refractivity contribution in [3.05, 3.63) is 81.5 Å². The lowest BCUT2D eigenvalue weighted by atomic mass is 10.1. The molecule has 0 atom stereocenters. The van der Waals surface area contributed by atoms with Crippen molar-refractivity contribution < 1.29 is 9.21 Å². The number of carbonyl (C=O) groups excluding carboxylic acids is 1. The van der Waals surface area contributed by atoms with Crippen LogP contribution in [0.1, 0.15) is 26.4 Å². The molecule has 5 rings (SSSR count). The summed E-state index contributed by atoms with van der Waals surface area (Å²) in [5.74, 6) is 0.990. The predicted octanol–water partition coefficient (Wildman–Crippen LogP) is 4.97. The Kier molecular flexibility index (Phi) is 4.48. The highest BCUT2D eigenvalue weighted by atomic mass is 32.1. The minimum atomic E-state index is 0.0550. The maximum atomic E-state index is 12.9. The summed E-state index contributed by atoms with van der Waals surface area (Å²) in [7, 11) is 0. The van der Waals surface area contributed by atoms with E-state index in [0.717, 1.165) is 29.7 Å². The maximum absolute atomic E-state index is 12.9. The number of aromatic nitrogens is 2. The van der Waals surface area contributed by atoms with E-state index in [2.05, 4.69) is 21.6 Å². The van der Waals surface area contributed by atoms with Crippen LogP contribution >= 0.6 is 11.3 Å². The van der Waals surface area contributed by atoms with Gasteiger partial charge in [0.15, 0.2) is 0 Å². The number of hydrogen-bond acceptors (Lipinski definition) is 5. The van der Waals surface area contributed by atoms with E-state index in [1.807, 2.05) is 60.4 Å². The lowest BCUT2D eigenvalue weighted by Crippen LogP contribution is -2.35. The molecule has 0 radical (unpaired) electrons. The highest BCUT2D eigenvalue weighted by Crippen LogP contribution is 2.27. The Hall–Kier alpha value is -3.25. The van der Waals surface area contributed by atoms with Crippen molar-refractivity contribution in [2.45, 2.75) is 19.9 Å². The second-order valence-corrected chi connectivity index (χ2v) is 8.21. The van der Waals surface area contributed by atoms with Crippen LogP contribution in [0.15, 0.2) is 64.4 Å². The van der Waals surface area contributed by atoms with Gasteiger partial charge < -0.3 is 9.32 Å². The summed E-state index contributed by atoms with van der Waals surface area (Å²) in [5.41, 5.74) is 4.77. The summed E-state index contributed by atoms with van der Waals surface area (Å²) in [5, 5.41) is 10.4. The van der Waals surface area contributed by atoms with Gasteiger partial charge in [-0.2, -0.15) is 0 Å². The molecule has 2 aromatic heterocycles. The van der Waals surface area contributed by atoms with E-state index in [1.165, 1.54) is 10.4 Å². The molecule has 1 aliphatic heterocycles.